The maximum Gasteiger partial charge on any atom is 0.162 e. The summed E-state index contributed by atoms with van der Waals surface area (Å²) in [5.74, 6) is 2.00. The maximum absolute atomic E-state index is 6.15. The number of oxime groups is 1. The first-order chi connectivity index (χ1) is 21.1. The Labute approximate surface area is 255 Å². The monoisotopic (exact) mass is 587 g/mol. The van der Waals surface area contributed by atoms with Gasteiger partial charge in [0, 0.05) is 36.8 Å². The molecule has 3 aromatic rings. The molecule has 1 aromatic heterocycles. The van der Waals surface area contributed by atoms with Crippen LogP contribution in [0.4, 0.5) is 11.5 Å². The van der Waals surface area contributed by atoms with E-state index in [9.17, 15) is 0 Å². The average Bonchev–Trinajstić information content (AvgIpc) is 3.05. The van der Waals surface area contributed by atoms with Crippen molar-refractivity contribution in [2.75, 3.05) is 58.5 Å². The molecule has 1 saturated heterocycles. The van der Waals surface area contributed by atoms with Crippen molar-refractivity contribution in [3.63, 3.8) is 0 Å². The summed E-state index contributed by atoms with van der Waals surface area (Å²) in [6, 6.07) is 11.8. The third-order valence-electron chi connectivity index (χ3n) is 6.61. The Morgan fingerprint density at radius 1 is 1.12 bits per heavy atom. The van der Waals surface area contributed by atoms with Gasteiger partial charge in [0.1, 0.15) is 18.8 Å². The largest absolute Gasteiger partial charge is 0.493 e. The van der Waals surface area contributed by atoms with Crippen LogP contribution in [0.2, 0.25) is 0 Å². The van der Waals surface area contributed by atoms with E-state index in [2.05, 4.69) is 31.9 Å². The van der Waals surface area contributed by atoms with Gasteiger partial charge in [0.2, 0.25) is 0 Å². The molecule has 43 heavy (non-hydrogen) atoms. The fourth-order valence-electron chi connectivity index (χ4n) is 4.44. The van der Waals surface area contributed by atoms with Crippen LogP contribution >= 0.6 is 0 Å². The van der Waals surface area contributed by atoms with Crippen molar-refractivity contribution in [2.24, 2.45) is 5.16 Å². The molecule has 1 aliphatic heterocycles. The number of anilines is 2. The first kappa shape index (κ1) is 33.3. The molecular weight excluding hydrogens is 542 g/mol. The summed E-state index contributed by atoms with van der Waals surface area (Å²) in [5.41, 5.74) is 4.39. The Kier molecular flexibility index (Phi) is 14.2. The van der Waals surface area contributed by atoms with Crippen molar-refractivity contribution in [1.82, 2.24) is 14.9 Å². The quantitative estimate of drug-likeness (QED) is 0.0939. The highest BCUT2D eigenvalue weighted by atomic mass is 16.6. The van der Waals surface area contributed by atoms with E-state index in [0.29, 0.717) is 30.5 Å². The summed E-state index contributed by atoms with van der Waals surface area (Å²) in [5, 5.41) is 8.53. The molecule has 0 spiro atoms. The van der Waals surface area contributed by atoms with Crippen molar-refractivity contribution in [2.45, 2.75) is 34.1 Å². The highest BCUT2D eigenvalue weighted by molar-refractivity contribution is 5.99. The van der Waals surface area contributed by atoms with Gasteiger partial charge in [-0.3, -0.25) is 4.90 Å². The number of fused-ring (bicyclic) bond motifs is 1. The Bertz CT molecular complexity index is 1380. The van der Waals surface area contributed by atoms with E-state index in [4.69, 9.17) is 19.0 Å². The second-order valence-electron chi connectivity index (χ2n) is 9.53. The summed E-state index contributed by atoms with van der Waals surface area (Å²) >= 11 is 0. The molecule has 1 fully saturated rings. The van der Waals surface area contributed by atoms with Crippen molar-refractivity contribution in [3.05, 3.63) is 84.7 Å². The third kappa shape index (κ3) is 10.2. The van der Waals surface area contributed by atoms with Gasteiger partial charge in [-0.2, -0.15) is 0 Å². The molecule has 230 valence electrons. The Hall–Kier alpha value is -4.21. The third-order valence-corrected chi connectivity index (χ3v) is 6.61. The number of methoxy groups -OCH3 is 1. The van der Waals surface area contributed by atoms with Crippen LogP contribution in [0, 0.1) is 0 Å². The van der Waals surface area contributed by atoms with Crippen LogP contribution in [0.1, 0.15) is 39.7 Å². The van der Waals surface area contributed by atoms with Gasteiger partial charge in [-0.05, 0) is 49.6 Å². The van der Waals surface area contributed by atoms with Gasteiger partial charge < -0.3 is 24.4 Å². The molecule has 9 nitrogen and oxygen atoms in total. The van der Waals surface area contributed by atoms with Gasteiger partial charge in [0.05, 0.1) is 38.2 Å². The van der Waals surface area contributed by atoms with E-state index in [0.717, 1.165) is 72.7 Å². The number of allylic oxidation sites excluding steroid dienone is 3. The van der Waals surface area contributed by atoms with Gasteiger partial charge in [0.25, 0.3) is 0 Å². The lowest BCUT2D eigenvalue weighted by atomic mass is 10.1. The van der Waals surface area contributed by atoms with Gasteiger partial charge in [-0.15, -0.1) is 0 Å². The zero-order chi connectivity index (χ0) is 30.9. The normalized spacial score (nSPS) is 14.3. The fourth-order valence-corrected chi connectivity index (χ4v) is 4.44. The zero-order valence-corrected chi connectivity index (χ0v) is 26.1. The highest BCUT2D eigenvalue weighted by Crippen LogP contribution is 2.35. The number of morpholine rings is 1. The lowest BCUT2D eigenvalue weighted by Gasteiger charge is -2.26. The summed E-state index contributed by atoms with van der Waals surface area (Å²) in [6.07, 6.45) is 10.0. The van der Waals surface area contributed by atoms with Crippen molar-refractivity contribution in [1.29, 1.82) is 0 Å². The van der Waals surface area contributed by atoms with Gasteiger partial charge in [-0.25, -0.2) is 9.97 Å². The minimum absolute atomic E-state index is 0.373. The number of rotatable bonds is 14. The van der Waals surface area contributed by atoms with Crippen LogP contribution in [-0.2, 0) is 9.57 Å². The summed E-state index contributed by atoms with van der Waals surface area (Å²) < 4.78 is 17.2. The smallest absolute Gasteiger partial charge is 0.162 e. The van der Waals surface area contributed by atoms with Crippen LogP contribution < -0.4 is 14.8 Å². The number of aromatic nitrogens is 2. The highest BCUT2D eigenvalue weighted by Gasteiger charge is 2.13. The van der Waals surface area contributed by atoms with Gasteiger partial charge in [0.15, 0.2) is 11.5 Å². The van der Waals surface area contributed by atoms with Crippen molar-refractivity contribution in [3.8, 4) is 11.5 Å². The molecule has 2 heterocycles. The van der Waals surface area contributed by atoms with Crippen LogP contribution in [0.25, 0.3) is 10.9 Å². The van der Waals surface area contributed by atoms with E-state index >= 15 is 0 Å². The van der Waals surface area contributed by atoms with Crippen LogP contribution in [-0.4, -0.2) is 73.8 Å². The second-order valence-corrected chi connectivity index (χ2v) is 9.53. The topological polar surface area (TPSA) is 90.3 Å². The number of hydrogen-bond donors (Lipinski definition) is 1. The predicted octanol–water partition coefficient (Wildman–Crippen LogP) is 6.94. The maximum atomic E-state index is 6.15. The number of nitrogens with zero attached hydrogens (tertiary/aromatic N) is 4. The van der Waals surface area contributed by atoms with Crippen molar-refractivity contribution < 1.29 is 19.0 Å². The molecule has 2 aromatic carbocycles. The van der Waals surface area contributed by atoms with E-state index in [1.165, 1.54) is 6.33 Å². The fraction of sp³-hybridized carbons (Fsp3) is 0.382. The molecule has 1 N–H and O–H groups in total. The van der Waals surface area contributed by atoms with Crippen molar-refractivity contribution >= 4 is 28.1 Å². The lowest BCUT2D eigenvalue weighted by Crippen LogP contribution is -2.37. The van der Waals surface area contributed by atoms with E-state index in [-0.39, 0.29) is 0 Å². The van der Waals surface area contributed by atoms with Gasteiger partial charge >= 0.3 is 0 Å². The van der Waals surface area contributed by atoms with Gasteiger partial charge in [-0.1, -0.05) is 62.0 Å². The molecular formula is C34H45N5O4. The van der Waals surface area contributed by atoms with E-state index in [1.807, 2.05) is 82.3 Å². The minimum Gasteiger partial charge on any atom is -0.493 e. The first-order valence-corrected chi connectivity index (χ1v) is 14.8. The Balaban J connectivity index is 0.00000248. The number of nitrogens with one attached hydrogen (secondary N) is 1. The van der Waals surface area contributed by atoms with Crippen LogP contribution in [0.15, 0.2) is 84.3 Å². The summed E-state index contributed by atoms with van der Waals surface area (Å²) in [6.45, 7) is 17.1. The van der Waals surface area contributed by atoms with Crippen LogP contribution in [0.3, 0.4) is 0 Å². The molecule has 1 aliphatic rings. The summed E-state index contributed by atoms with van der Waals surface area (Å²) in [7, 11) is 1.64. The molecule has 9 heteroatoms. The Morgan fingerprint density at radius 3 is 2.58 bits per heavy atom. The van der Waals surface area contributed by atoms with E-state index < -0.39 is 0 Å². The standard InChI is InChI=1S/C32H39N5O4.C2H6/c1-5-8-25(9-6-2)22-41-36-24(3)26-10-12-27(13-11-26)35-32-28-20-31(30(38-4)21-29(28)33-23-34-32)40-17-7-14-37-15-18-39-19-16-37;1-2/h5-6,8-13,20-21,23H,1,7,14-19,22H2,2-4H3,(H,33,34,35);1-2H3/b9-6-,25-8+,36-24-;. The SMILES string of the molecule is C=C/C=C(\C=C/C)CO/N=C(/C)c1ccc(Nc2ncnc3cc(OC)c(OCCCN4CCOCC4)cc23)cc1.CC. The molecule has 0 unspecified atom stereocenters. The zero-order valence-electron chi connectivity index (χ0n) is 26.1. The molecule has 0 atom stereocenters. The number of ether oxygens (including phenoxy) is 3. The lowest BCUT2D eigenvalue weighted by molar-refractivity contribution is 0.0357. The molecule has 4 rings (SSSR count). The Morgan fingerprint density at radius 2 is 1.88 bits per heavy atom. The number of hydrogen-bond acceptors (Lipinski definition) is 9. The van der Waals surface area contributed by atoms with E-state index in [1.54, 1.807) is 13.2 Å². The second kappa shape index (κ2) is 18.4. The molecule has 0 bridgehead atoms. The molecule has 0 amide bonds. The number of benzene rings is 2. The minimum atomic E-state index is 0.373. The molecule has 0 aliphatic carbocycles. The molecule has 0 saturated carbocycles. The first-order valence-electron chi connectivity index (χ1n) is 14.8. The average molecular weight is 588 g/mol. The predicted molar refractivity (Wildman–Crippen MR) is 176 cm³/mol. The molecule has 0 radical (unpaired) electrons. The summed E-state index contributed by atoms with van der Waals surface area (Å²) in [4.78, 5) is 16.9. The van der Waals surface area contributed by atoms with Crippen LogP contribution in [0.5, 0.6) is 11.5 Å².